The Labute approximate surface area is 261 Å². The summed E-state index contributed by atoms with van der Waals surface area (Å²) in [4.78, 5) is 13.6. The molecule has 1 N–H and O–H groups in total. The molecule has 3 aromatic rings. The summed E-state index contributed by atoms with van der Waals surface area (Å²) in [6.45, 7) is 23.0. The molecule has 1 unspecified atom stereocenters. The topological polar surface area (TPSA) is 56.8 Å². The second-order valence-corrected chi connectivity index (χ2v) is 24.4. The average Bonchev–Trinajstić information content (AvgIpc) is 3.26. The van der Waals surface area contributed by atoms with Gasteiger partial charge in [-0.05, 0) is 64.1 Å². The Hall–Kier alpha value is -2.72. The van der Waals surface area contributed by atoms with Crippen LogP contribution >= 0.6 is 0 Å². The van der Waals surface area contributed by atoms with Gasteiger partial charge in [0.25, 0.3) is 0 Å². The number of hydrogen-bond donors (Lipinski definition) is 1. The zero-order valence-corrected chi connectivity index (χ0v) is 29.8. The van der Waals surface area contributed by atoms with Crippen LogP contribution in [0.3, 0.4) is 0 Å². The van der Waals surface area contributed by atoms with Crippen LogP contribution in [-0.4, -0.2) is 42.0 Å². The van der Waals surface area contributed by atoms with Crippen LogP contribution in [0.15, 0.2) is 78.9 Å². The highest BCUT2D eigenvalue weighted by Gasteiger charge is 2.43. The van der Waals surface area contributed by atoms with Crippen molar-refractivity contribution in [3.05, 3.63) is 95.6 Å². The standard InChI is InChI=1S/C36H51NO4Si2/c1-35(2,3)42(7,8)40-25-32(33(26-18-12-11-13-19-26)41-43(9,10)36(4,5)6)37-34(38)39-24-31-29-22-16-14-20-27(29)28-21-15-17-23-30(28)31/h11-23,31-33H,24-25H2,1-10H3,(H,37,38)/t32-,33?/m0/s1. The van der Waals surface area contributed by atoms with Gasteiger partial charge in [0.1, 0.15) is 6.61 Å². The van der Waals surface area contributed by atoms with Gasteiger partial charge in [0.2, 0.25) is 0 Å². The minimum absolute atomic E-state index is 0.00533. The minimum Gasteiger partial charge on any atom is -0.449 e. The van der Waals surface area contributed by atoms with Gasteiger partial charge in [-0.25, -0.2) is 4.79 Å². The van der Waals surface area contributed by atoms with Crippen LogP contribution in [0, 0.1) is 0 Å². The molecule has 0 radical (unpaired) electrons. The number of carbonyl (C=O) groups is 1. The molecule has 0 saturated carbocycles. The third-order valence-electron chi connectivity index (χ3n) is 9.80. The smallest absolute Gasteiger partial charge is 0.407 e. The van der Waals surface area contributed by atoms with Crippen LogP contribution in [0.25, 0.3) is 11.1 Å². The minimum atomic E-state index is -2.23. The van der Waals surface area contributed by atoms with Crippen LogP contribution in [0.4, 0.5) is 4.79 Å². The van der Waals surface area contributed by atoms with Crippen molar-refractivity contribution in [2.24, 2.45) is 0 Å². The molecule has 1 aliphatic rings. The zero-order chi connectivity index (χ0) is 31.6. The first-order chi connectivity index (χ1) is 20.0. The van der Waals surface area contributed by atoms with E-state index in [0.717, 1.165) is 5.56 Å². The molecule has 0 spiro atoms. The first kappa shape index (κ1) is 33.2. The molecule has 0 aliphatic heterocycles. The van der Waals surface area contributed by atoms with Crippen LogP contribution in [0.2, 0.25) is 36.3 Å². The van der Waals surface area contributed by atoms with E-state index in [-0.39, 0.29) is 28.7 Å². The van der Waals surface area contributed by atoms with Gasteiger partial charge < -0.3 is 18.9 Å². The molecule has 0 bridgehead atoms. The van der Waals surface area contributed by atoms with E-state index in [4.69, 9.17) is 13.6 Å². The fourth-order valence-corrected chi connectivity index (χ4v) is 7.35. The maximum absolute atomic E-state index is 13.6. The highest BCUT2D eigenvalue weighted by Crippen LogP contribution is 2.45. The summed E-state index contributed by atoms with van der Waals surface area (Å²) in [5.74, 6) is -0.00603. The highest BCUT2D eigenvalue weighted by atomic mass is 28.4. The summed E-state index contributed by atoms with van der Waals surface area (Å²) in [6.07, 6.45) is -0.835. The van der Waals surface area contributed by atoms with Crippen molar-refractivity contribution in [1.29, 1.82) is 0 Å². The quantitative estimate of drug-likeness (QED) is 0.230. The van der Waals surface area contributed by atoms with E-state index in [9.17, 15) is 4.79 Å². The van der Waals surface area contributed by atoms with E-state index in [1.54, 1.807) is 0 Å². The fourth-order valence-electron chi connectivity index (χ4n) is 5.03. The molecule has 3 aromatic carbocycles. The Morgan fingerprint density at radius 3 is 1.74 bits per heavy atom. The lowest BCUT2D eigenvalue weighted by Crippen LogP contribution is -2.52. The van der Waals surface area contributed by atoms with Crippen molar-refractivity contribution in [2.45, 2.75) is 95.9 Å². The maximum Gasteiger partial charge on any atom is 0.407 e. The predicted octanol–water partition coefficient (Wildman–Crippen LogP) is 9.68. The Morgan fingerprint density at radius 1 is 0.744 bits per heavy atom. The Morgan fingerprint density at radius 2 is 1.23 bits per heavy atom. The number of amides is 1. The van der Waals surface area contributed by atoms with Crippen molar-refractivity contribution in [3.63, 3.8) is 0 Å². The first-order valence-corrected chi connectivity index (χ1v) is 21.3. The number of ether oxygens (including phenoxy) is 1. The van der Waals surface area contributed by atoms with Crippen molar-refractivity contribution in [1.82, 2.24) is 5.32 Å². The predicted molar refractivity (Wildman–Crippen MR) is 183 cm³/mol. The van der Waals surface area contributed by atoms with Crippen LogP contribution in [-0.2, 0) is 13.6 Å². The monoisotopic (exact) mass is 617 g/mol. The molecule has 0 saturated heterocycles. The average molecular weight is 618 g/mol. The summed E-state index contributed by atoms with van der Waals surface area (Å²) in [5, 5.41) is 3.25. The summed E-state index contributed by atoms with van der Waals surface area (Å²) in [6, 6.07) is 26.6. The first-order valence-electron chi connectivity index (χ1n) is 15.5. The van der Waals surface area contributed by atoms with Crippen LogP contribution < -0.4 is 5.32 Å². The lowest BCUT2D eigenvalue weighted by Gasteiger charge is -2.43. The number of hydrogen-bond acceptors (Lipinski definition) is 4. The van der Waals surface area contributed by atoms with E-state index in [1.165, 1.54) is 22.3 Å². The molecule has 232 valence electrons. The van der Waals surface area contributed by atoms with Gasteiger partial charge in [-0.1, -0.05) is 120 Å². The molecule has 2 atom stereocenters. The lowest BCUT2D eigenvalue weighted by molar-refractivity contribution is 0.0852. The largest absolute Gasteiger partial charge is 0.449 e. The Bertz CT molecular complexity index is 1350. The van der Waals surface area contributed by atoms with Crippen molar-refractivity contribution in [3.8, 4) is 11.1 Å². The van der Waals surface area contributed by atoms with E-state index >= 15 is 0 Å². The number of carbonyl (C=O) groups excluding carboxylic acids is 1. The fraction of sp³-hybridized carbons (Fsp3) is 0.472. The third kappa shape index (κ3) is 7.51. The van der Waals surface area contributed by atoms with E-state index in [0.29, 0.717) is 6.61 Å². The zero-order valence-electron chi connectivity index (χ0n) is 27.8. The van der Waals surface area contributed by atoms with Gasteiger partial charge in [-0.2, -0.15) is 0 Å². The SMILES string of the molecule is CC(C)(C)[Si](C)(C)OC[C@H](NC(=O)OCC1c2ccccc2-c2ccccc21)C(O[Si](C)(C)C(C)(C)C)c1ccccc1. The molecule has 0 aromatic heterocycles. The normalized spacial score (nSPS) is 15.4. The summed E-state index contributed by atoms with van der Waals surface area (Å²) in [7, 11) is -4.35. The molecule has 7 heteroatoms. The van der Waals surface area contributed by atoms with Gasteiger partial charge >= 0.3 is 6.09 Å². The molecule has 0 heterocycles. The van der Waals surface area contributed by atoms with Gasteiger partial charge in [0.05, 0.1) is 18.8 Å². The van der Waals surface area contributed by atoms with Gasteiger partial charge in [0, 0.05) is 5.92 Å². The maximum atomic E-state index is 13.6. The van der Waals surface area contributed by atoms with Crippen LogP contribution in [0.5, 0.6) is 0 Å². The Balaban J connectivity index is 1.60. The molecule has 1 amide bonds. The Kier molecular flexibility index (Phi) is 9.81. The number of benzene rings is 3. The second kappa shape index (κ2) is 12.7. The van der Waals surface area contributed by atoms with Gasteiger partial charge in [0.15, 0.2) is 16.6 Å². The second-order valence-electron chi connectivity index (χ2n) is 14.9. The van der Waals surface area contributed by atoms with Gasteiger partial charge in [-0.15, -0.1) is 0 Å². The molecule has 0 fully saturated rings. The van der Waals surface area contributed by atoms with Crippen molar-refractivity contribution < 1.29 is 18.4 Å². The van der Waals surface area contributed by atoms with E-state index in [2.05, 4.69) is 134 Å². The number of nitrogens with one attached hydrogen (secondary N) is 1. The number of rotatable bonds is 10. The van der Waals surface area contributed by atoms with E-state index in [1.807, 2.05) is 18.2 Å². The molecule has 4 rings (SSSR count). The molecular weight excluding hydrogens is 567 g/mol. The highest BCUT2D eigenvalue weighted by molar-refractivity contribution is 6.74. The molecular formula is C36H51NO4Si2. The van der Waals surface area contributed by atoms with Gasteiger partial charge in [-0.3, -0.25) is 0 Å². The lowest BCUT2D eigenvalue weighted by atomic mass is 9.98. The summed E-state index contributed by atoms with van der Waals surface area (Å²) >= 11 is 0. The number of fused-ring (bicyclic) bond motifs is 3. The molecule has 1 aliphatic carbocycles. The van der Waals surface area contributed by atoms with Crippen LogP contribution in [0.1, 0.15) is 70.3 Å². The third-order valence-corrected chi connectivity index (χ3v) is 18.8. The van der Waals surface area contributed by atoms with E-state index < -0.39 is 28.8 Å². The molecule has 43 heavy (non-hydrogen) atoms. The summed E-state index contributed by atoms with van der Waals surface area (Å²) in [5.41, 5.74) is 5.82. The van der Waals surface area contributed by atoms with Crippen molar-refractivity contribution >= 4 is 22.7 Å². The molecule has 5 nitrogen and oxygen atoms in total. The van der Waals surface area contributed by atoms with Crippen molar-refractivity contribution in [2.75, 3.05) is 13.2 Å². The summed E-state index contributed by atoms with van der Waals surface area (Å²) < 4.78 is 19.8. The number of alkyl carbamates (subject to hydrolysis) is 1.